The number of carbonyl (C=O) groups excluding carboxylic acids is 3. The molecule has 124 valence electrons. The van der Waals surface area contributed by atoms with Gasteiger partial charge in [-0.05, 0) is 30.3 Å². The van der Waals surface area contributed by atoms with Crippen molar-refractivity contribution in [1.29, 1.82) is 0 Å². The molecule has 0 aliphatic carbocycles. The molecule has 0 unspecified atom stereocenters. The van der Waals surface area contributed by atoms with E-state index in [-0.39, 0.29) is 23.7 Å². The van der Waals surface area contributed by atoms with E-state index in [1.807, 2.05) is 0 Å². The molecule has 0 atom stereocenters. The number of amides is 2. The first-order chi connectivity index (χ1) is 11.5. The number of benzene rings is 2. The number of halogens is 1. The predicted molar refractivity (Wildman–Crippen MR) is 85.1 cm³/mol. The first kappa shape index (κ1) is 17.1. The Labute approximate surface area is 137 Å². The van der Waals surface area contributed by atoms with Crippen LogP contribution in [0.4, 0.5) is 10.1 Å². The van der Waals surface area contributed by atoms with Crippen molar-refractivity contribution in [3.63, 3.8) is 0 Å². The summed E-state index contributed by atoms with van der Waals surface area (Å²) in [6.07, 6.45) is 0. The van der Waals surface area contributed by atoms with Gasteiger partial charge in [-0.25, -0.2) is 9.18 Å². The van der Waals surface area contributed by atoms with Crippen LogP contribution in [-0.2, 0) is 9.53 Å². The number of esters is 1. The maximum Gasteiger partial charge on any atom is 0.340 e. The molecule has 0 aromatic heterocycles. The minimum Gasteiger partial charge on any atom is -0.465 e. The summed E-state index contributed by atoms with van der Waals surface area (Å²) >= 11 is 0. The summed E-state index contributed by atoms with van der Waals surface area (Å²) in [6.45, 7) is -0.265. The Bertz CT molecular complexity index is 762. The number of rotatable bonds is 5. The Morgan fingerprint density at radius 1 is 1.08 bits per heavy atom. The van der Waals surface area contributed by atoms with Gasteiger partial charge in [-0.15, -0.1) is 0 Å². The van der Waals surface area contributed by atoms with Gasteiger partial charge in [0, 0.05) is 11.3 Å². The zero-order valence-corrected chi connectivity index (χ0v) is 12.8. The van der Waals surface area contributed by atoms with Crippen molar-refractivity contribution in [1.82, 2.24) is 5.32 Å². The molecule has 0 saturated heterocycles. The first-order valence-electron chi connectivity index (χ1n) is 7.02. The Morgan fingerprint density at radius 2 is 1.79 bits per heavy atom. The summed E-state index contributed by atoms with van der Waals surface area (Å²) in [7, 11) is 1.13. The van der Waals surface area contributed by atoms with Crippen molar-refractivity contribution in [3.8, 4) is 0 Å². The van der Waals surface area contributed by atoms with Gasteiger partial charge >= 0.3 is 5.97 Å². The highest BCUT2D eigenvalue weighted by Gasteiger charge is 2.14. The van der Waals surface area contributed by atoms with E-state index in [2.05, 4.69) is 15.4 Å². The number of nitrogens with one attached hydrogen (secondary N) is 2. The summed E-state index contributed by atoms with van der Waals surface area (Å²) in [6, 6.07) is 12.0. The standard InChI is InChI=1S/C17H15FN2O4/c1-24-17(23)13-9-12(7-8-14(13)18)20-15(21)10-19-16(22)11-5-3-2-4-6-11/h2-9H,10H2,1H3,(H,19,22)(H,20,21). The lowest BCUT2D eigenvalue weighted by molar-refractivity contribution is -0.115. The van der Waals surface area contributed by atoms with Crippen LogP contribution < -0.4 is 10.6 Å². The topological polar surface area (TPSA) is 84.5 Å². The smallest absolute Gasteiger partial charge is 0.340 e. The van der Waals surface area contributed by atoms with Crippen LogP contribution in [0.3, 0.4) is 0 Å². The predicted octanol–water partition coefficient (Wildman–Crippen LogP) is 1.98. The molecule has 2 aromatic carbocycles. The summed E-state index contributed by atoms with van der Waals surface area (Å²) in [4.78, 5) is 35.1. The number of methoxy groups -OCH3 is 1. The highest BCUT2D eigenvalue weighted by molar-refractivity contribution is 6.00. The van der Waals surface area contributed by atoms with Crippen LogP contribution in [0, 0.1) is 5.82 Å². The SMILES string of the molecule is COC(=O)c1cc(NC(=O)CNC(=O)c2ccccc2)ccc1F. The van der Waals surface area contributed by atoms with Crippen molar-refractivity contribution in [2.45, 2.75) is 0 Å². The van der Waals surface area contributed by atoms with Gasteiger partial charge in [0.05, 0.1) is 19.2 Å². The van der Waals surface area contributed by atoms with Gasteiger partial charge in [-0.3, -0.25) is 9.59 Å². The van der Waals surface area contributed by atoms with Crippen molar-refractivity contribution < 1.29 is 23.5 Å². The third-order valence-corrected chi connectivity index (χ3v) is 3.10. The number of anilines is 1. The van der Waals surface area contributed by atoms with Gasteiger partial charge < -0.3 is 15.4 Å². The molecule has 2 rings (SSSR count). The van der Waals surface area contributed by atoms with E-state index in [1.54, 1.807) is 30.3 Å². The first-order valence-corrected chi connectivity index (χ1v) is 7.02. The summed E-state index contributed by atoms with van der Waals surface area (Å²) < 4.78 is 18.0. The molecule has 0 bridgehead atoms. The van der Waals surface area contributed by atoms with Gasteiger partial charge in [0.1, 0.15) is 5.82 Å². The number of ether oxygens (including phenoxy) is 1. The Hall–Kier alpha value is -3.22. The molecular formula is C17H15FN2O4. The largest absolute Gasteiger partial charge is 0.465 e. The van der Waals surface area contributed by atoms with E-state index < -0.39 is 17.7 Å². The Kier molecular flexibility index (Phi) is 5.62. The molecule has 6 nitrogen and oxygen atoms in total. The van der Waals surface area contributed by atoms with Gasteiger partial charge in [-0.1, -0.05) is 18.2 Å². The lowest BCUT2D eigenvalue weighted by Crippen LogP contribution is -2.32. The molecule has 2 aromatic rings. The molecule has 0 heterocycles. The number of hydrogen-bond acceptors (Lipinski definition) is 4. The fourth-order valence-corrected chi connectivity index (χ4v) is 1.93. The third kappa shape index (κ3) is 4.39. The Morgan fingerprint density at radius 3 is 2.46 bits per heavy atom. The van der Waals surface area contributed by atoms with Crippen LogP contribution in [0.5, 0.6) is 0 Å². The van der Waals surface area contributed by atoms with Gasteiger partial charge in [0.15, 0.2) is 0 Å². The van der Waals surface area contributed by atoms with E-state index >= 15 is 0 Å². The van der Waals surface area contributed by atoms with Crippen LogP contribution in [0.15, 0.2) is 48.5 Å². The fourth-order valence-electron chi connectivity index (χ4n) is 1.93. The van der Waals surface area contributed by atoms with Crippen molar-refractivity contribution in [2.24, 2.45) is 0 Å². The second-order valence-corrected chi connectivity index (χ2v) is 4.78. The van der Waals surface area contributed by atoms with Gasteiger partial charge in [0.25, 0.3) is 5.91 Å². The van der Waals surface area contributed by atoms with Crippen molar-refractivity contribution >= 4 is 23.5 Å². The molecule has 7 heteroatoms. The van der Waals surface area contributed by atoms with E-state index in [0.717, 1.165) is 19.2 Å². The molecule has 0 aliphatic rings. The summed E-state index contributed by atoms with van der Waals surface area (Å²) in [5, 5.41) is 4.93. The van der Waals surface area contributed by atoms with Crippen LogP contribution in [0.25, 0.3) is 0 Å². The van der Waals surface area contributed by atoms with E-state index in [1.165, 1.54) is 6.07 Å². The summed E-state index contributed by atoms with van der Waals surface area (Å²) in [5.74, 6) is -2.50. The zero-order valence-electron chi connectivity index (χ0n) is 12.8. The van der Waals surface area contributed by atoms with E-state index in [9.17, 15) is 18.8 Å². The van der Waals surface area contributed by atoms with E-state index in [0.29, 0.717) is 5.56 Å². The van der Waals surface area contributed by atoms with Crippen molar-refractivity contribution in [3.05, 3.63) is 65.5 Å². The number of carbonyl (C=O) groups is 3. The van der Waals surface area contributed by atoms with Crippen LogP contribution in [0.1, 0.15) is 20.7 Å². The normalized spacial score (nSPS) is 9.92. The van der Waals surface area contributed by atoms with Gasteiger partial charge in [0.2, 0.25) is 5.91 Å². The molecule has 2 amide bonds. The average Bonchev–Trinajstić information content (AvgIpc) is 2.61. The molecule has 0 saturated carbocycles. The minimum atomic E-state index is -0.846. The lowest BCUT2D eigenvalue weighted by Gasteiger charge is -2.08. The average molecular weight is 330 g/mol. The van der Waals surface area contributed by atoms with Crippen LogP contribution in [0.2, 0.25) is 0 Å². The molecule has 0 spiro atoms. The molecular weight excluding hydrogens is 315 g/mol. The highest BCUT2D eigenvalue weighted by Crippen LogP contribution is 2.15. The quantitative estimate of drug-likeness (QED) is 0.821. The third-order valence-electron chi connectivity index (χ3n) is 3.10. The highest BCUT2D eigenvalue weighted by atomic mass is 19.1. The molecule has 0 fully saturated rings. The van der Waals surface area contributed by atoms with E-state index in [4.69, 9.17) is 0 Å². The molecule has 24 heavy (non-hydrogen) atoms. The van der Waals surface area contributed by atoms with Gasteiger partial charge in [-0.2, -0.15) is 0 Å². The molecule has 0 aliphatic heterocycles. The lowest BCUT2D eigenvalue weighted by atomic mass is 10.2. The van der Waals surface area contributed by atoms with Crippen LogP contribution in [-0.4, -0.2) is 31.4 Å². The second-order valence-electron chi connectivity index (χ2n) is 4.78. The fraction of sp³-hybridized carbons (Fsp3) is 0.118. The maximum absolute atomic E-state index is 13.5. The number of hydrogen-bond donors (Lipinski definition) is 2. The monoisotopic (exact) mass is 330 g/mol. The van der Waals surface area contributed by atoms with Crippen LogP contribution >= 0.6 is 0 Å². The summed E-state index contributed by atoms with van der Waals surface area (Å²) in [5.41, 5.74) is 0.361. The second kappa shape index (κ2) is 7.87. The minimum absolute atomic E-state index is 0.218. The molecule has 2 N–H and O–H groups in total. The maximum atomic E-state index is 13.5. The van der Waals surface area contributed by atoms with Crippen molar-refractivity contribution in [2.75, 3.05) is 19.0 Å². The zero-order chi connectivity index (χ0) is 17.5. The molecule has 0 radical (unpaired) electrons. The Balaban J connectivity index is 1.95.